The molecule has 0 aliphatic carbocycles. The van der Waals surface area contributed by atoms with E-state index in [1.807, 2.05) is 0 Å². The van der Waals surface area contributed by atoms with Gasteiger partial charge in [0.25, 0.3) is 0 Å². The highest BCUT2D eigenvalue weighted by molar-refractivity contribution is 4.69. The summed E-state index contributed by atoms with van der Waals surface area (Å²) in [5, 5.41) is 3.49. The molecule has 0 unspecified atom stereocenters. The molecule has 0 saturated carbocycles. The molecule has 0 aromatic rings. The number of hydrogen-bond donors (Lipinski definition) is 1. The van der Waals surface area contributed by atoms with Crippen LogP contribution in [0.25, 0.3) is 0 Å². The summed E-state index contributed by atoms with van der Waals surface area (Å²) in [7, 11) is 1.68. The highest BCUT2D eigenvalue weighted by Gasteiger charge is 2.06. The van der Waals surface area contributed by atoms with Crippen LogP contribution in [0.5, 0.6) is 0 Å². The molecule has 19 heavy (non-hydrogen) atoms. The van der Waals surface area contributed by atoms with Crippen LogP contribution in [0.15, 0.2) is 0 Å². The lowest BCUT2D eigenvalue weighted by atomic mass is 10.1. The highest BCUT2D eigenvalue weighted by atomic mass is 16.5. The lowest BCUT2D eigenvalue weighted by molar-refractivity contribution is 0.0508. The standard InChI is InChI=1S/C15H33NO3/c1-15(2,3)16-9-6-5-7-10-18-11-8-12-19-14-13-17-4/h16H,5-14H2,1-4H3. The van der Waals surface area contributed by atoms with Crippen molar-refractivity contribution in [2.75, 3.05) is 46.7 Å². The lowest BCUT2D eigenvalue weighted by Gasteiger charge is -2.20. The summed E-state index contributed by atoms with van der Waals surface area (Å²) < 4.78 is 15.8. The zero-order valence-electron chi connectivity index (χ0n) is 13.3. The first-order valence-electron chi connectivity index (χ1n) is 7.46. The number of ether oxygens (including phenoxy) is 3. The maximum atomic E-state index is 5.56. The SMILES string of the molecule is COCCOCCCOCCCCCNC(C)(C)C. The monoisotopic (exact) mass is 275 g/mol. The number of unbranched alkanes of at least 4 members (excludes halogenated alkanes) is 2. The smallest absolute Gasteiger partial charge is 0.0700 e. The van der Waals surface area contributed by atoms with Crippen LogP contribution in [0.4, 0.5) is 0 Å². The number of methoxy groups -OCH3 is 1. The third-order valence-electron chi connectivity index (χ3n) is 2.63. The molecule has 0 aliphatic heterocycles. The number of rotatable bonds is 13. The van der Waals surface area contributed by atoms with E-state index < -0.39 is 0 Å². The Hall–Kier alpha value is -0.160. The quantitative estimate of drug-likeness (QED) is 0.525. The van der Waals surface area contributed by atoms with E-state index in [-0.39, 0.29) is 5.54 Å². The van der Waals surface area contributed by atoms with Crippen molar-refractivity contribution >= 4 is 0 Å². The van der Waals surface area contributed by atoms with Crippen molar-refractivity contribution in [2.45, 2.75) is 52.0 Å². The van der Waals surface area contributed by atoms with Crippen molar-refractivity contribution in [3.8, 4) is 0 Å². The van der Waals surface area contributed by atoms with E-state index >= 15 is 0 Å². The molecule has 0 spiro atoms. The van der Waals surface area contributed by atoms with E-state index in [0.717, 1.165) is 39.2 Å². The molecular formula is C15H33NO3. The Bertz CT molecular complexity index is 181. The third kappa shape index (κ3) is 17.8. The molecule has 4 heteroatoms. The van der Waals surface area contributed by atoms with Gasteiger partial charge in [-0.25, -0.2) is 0 Å². The fourth-order valence-corrected chi connectivity index (χ4v) is 1.58. The molecular weight excluding hydrogens is 242 g/mol. The highest BCUT2D eigenvalue weighted by Crippen LogP contribution is 2.01. The molecule has 0 atom stereocenters. The summed E-state index contributed by atoms with van der Waals surface area (Å²) >= 11 is 0. The van der Waals surface area contributed by atoms with E-state index in [4.69, 9.17) is 14.2 Å². The fourth-order valence-electron chi connectivity index (χ4n) is 1.58. The maximum absolute atomic E-state index is 5.56. The maximum Gasteiger partial charge on any atom is 0.0700 e. The van der Waals surface area contributed by atoms with Crippen LogP contribution in [0.2, 0.25) is 0 Å². The first-order chi connectivity index (χ1) is 9.06. The van der Waals surface area contributed by atoms with E-state index in [2.05, 4.69) is 26.1 Å². The van der Waals surface area contributed by atoms with Gasteiger partial charge in [-0.05, 0) is 53.0 Å². The van der Waals surface area contributed by atoms with Gasteiger partial charge in [0.2, 0.25) is 0 Å². The largest absolute Gasteiger partial charge is 0.382 e. The molecule has 0 bridgehead atoms. The first-order valence-corrected chi connectivity index (χ1v) is 7.46. The van der Waals surface area contributed by atoms with E-state index in [0.29, 0.717) is 13.2 Å². The van der Waals surface area contributed by atoms with Gasteiger partial charge in [-0.15, -0.1) is 0 Å². The normalized spacial score (nSPS) is 12.0. The predicted molar refractivity (Wildman–Crippen MR) is 79.7 cm³/mol. The summed E-state index contributed by atoms with van der Waals surface area (Å²) in [6, 6.07) is 0. The second kappa shape index (κ2) is 12.9. The molecule has 0 saturated heterocycles. The fraction of sp³-hybridized carbons (Fsp3) is 1.00. The van der Waals surface area contributed by atoms with Gasteiger partial charge in [0, 0.05) is 32.5 Å². The van der Waals surface area contributed by atoms with Gasteiger partial charge in [-0.3, -0.25) is 0 Å². The first kappa shape index (κ1) is 18.8. The Morgan fingerprint density at radius 1 is 0.737 bits per heavy atom. The van der Waals surface area contributed by atoms with Crippen LogP contribution in [-0.2, 0) is 14.2 Å². The lowest BCUT2D eigenvalue weighted by Crippen LogP contribution is -2.36. The summed E-state index contributed by atoms with van der Waals surface area (Å²) in [6.45, 7) is 11.5. The van der Waals surface area contributed by atoms with E-state index in [9.17, 15) is 0 Å². The van der Waals surface area contributed by atoms with Crippen LogP contribution in [0, 0.1) is 0 Å². The average molecular weight is 275 g/mol. The van der Waals surface area contributed by atoms with Crippen LogP contribution in [0.1, 0.15) is 46.5 Å². The summed E-state index contributed by atoms with van der Waals surface area (Å²) in [5.41, 5.74) is 0.235. The van der Waals surface area contributed by atoms with Gasteiger partial charge in [-0.2, -0.15) is 0 Å². The molecule has 1 N–H and O–H groups in total. The van der Waals surface area contributed by atoms with Crippen LogP contribution < -0.4 is 5.32 Å². The Morgan fingerprint density at radius 2 is 1.37 bits per heavy atom. The molecule has 4 nitrogen and oxygen atoms in total. The third-order valence-corrected chi connectivity index (χ3v) is 2.63. The topological polar surface area (TPSA) is 39.7 Å². The van der Waals surface area contributed by atoms with Crippen molar-refractivity contribution in [3.05, 3.63) is 0 Å². The average Bonchev–Trinajstić information content (AvgIpc) is 2.34. The van der Waals surface area contributed by atoms with Crippen LogP contribution in [0.3, 0.4) is 0 Å². The van der Waals surface area contributed by atoms with Gasteiger partial charge in [0.05, 0.1) is 13.2 Å². The van der Waals surface area contributed by atoms with Gasteiger partial charge < -0.3 is 19.5 Å². The molecule has 0 aliphatic rings. The van der Waals surface area contributed by atoms with E-state index in [1.54, 1.807) is 7.11 Å². The zero-order valence-corrected chi connectivity index (χ0v) is 13.3. The van der Waals surface area contributed by atoms with Crippen molar-refractivity contribution in [1.29, 1.82) is 0 Å². The minimum absolute atomic E-state index is 0.235. The van der Waals surface area contributed by atoms with Crippen molar-refractivity contribution < 1.29 is 14.2 Å². The molecule has 0 aromatic carbocycles. The Labute approximate surface area is 119 Å². The van der Waals surface area contributed by atoms with Gasteiger partial charge in [0.15, 0.2) is 0 Å². The zero-order chi connectivity index (χ0) is 14.4. The molecule has 0 fully saturated rings. The summed E-state index contributed by atoms with van der Waals surface area (Å²) in [6.07, 6.45) is 4.57. The van der Waals surface area contributed by atoms with E-state index in [1.165, 1.54) is 12.8 Å². The molecule has 0 amide bonds. The number of nitrogens with one attached hydrogen (secondary N) is 1. The molecule has 116 valence electrons. The summed E-state index contributed by atoms with van der Waals surface area (Å²) in [5.74, 6) is 0. The summed E-state index contributed by atoms with van der Waals surface area (Å²) in [4.78, 5) is 0. The minimum Gasteiger partial charge on any atom is -0.382 e. The molecule has 0 rings (SSSR count). The van der Waals surface area contributed by atoms with Crippen molar-refractivity contribution in [3.63, 3.8) is 0 Å². The molecule has 0 heterocycles. The van der Waals surface area contributed by atoms with Crippen LogP contribution in [-0.4, -0.2) is 52.2 Å². The van der Waals surface area contributed by atoms with Crippen molar-refractivity contribution in [2.24, 2.45) is 0 Å². The second-order valence-electron chi connectivity index (χ2n) is 5.81. The van der Waals surface area contributed by atoms with Crippen molar-refractivity contribution in [1.82, 2.24) is 5.32 Å². The van der Waals surface area contributed by atoms with Gasteiger partial charge >= 0.3 is 0 Å². The Morgan fingerprint density at radius 3 is 2.00 bits per heavy atom. The predicted octanol–water partition coefficient (Wildman–Crippen LogP) is 2.61. The Kier molecular flexibility index (Phi) is 12.7. The molecule has 0 radical (unpaired) electrons. The molecule has 0 aromatic heterocycles. The van der Waals surface area contributed by atoms with Gasteiger partial charge in [0.1, 0.15) is 0 Å². The van der Waals surface area contributed by atoms with Crippen LogP contribution >= 0.6 is 0 Å². The minimum atomic E-state index is 0.235. The second-order valence-corrected chi connectivity index (χ2v) is 5.81. The number of hydrogen-bond acceptors (Lipinski definition) is 4. The Balaban J connectivity index is 2.99. The van der Waals surface area contributed by atoms with Gasteiger partial charge in [-0.1, -0.05) is 0 Å².